The lowest BCUT2D eigenvalue weighted by Crippen LogP contribution is -2.58. The van der Waals surface area contributed by atoms with Crippen LogP contribution < -0.4 is 11.1 Å². The summed E-state index contributed by atoms with van der Waals surface area (Å²) in [6, 6.07) is 0.283. The van der Waals surface area contributed by atoms with Gasteiger partial charge in [-0.1, -0.05) is 39.0 Å². The molecule has 0 aromatic rings. The van der Waals surface area contributed by atoms with Gasteiger partial charge in [-0.15, -0.1) is 0 Å². The summed E-state index contributed by atoms with van der Waals surface area (Å²) in [4.78, 5) is 12.5. The second-order valence-electron chi connectivity index (χ2n) is 7.02. The van der Waals surface area contributed by atoms with Crippen LogP contribution in [-0.2, 0) is 4.79 Å². The van der Waals surface area contributed by atoms with Gasteiger partial charge in [0.2, 0.25) is 5.91 Å². The first-order valence-electron chi connectivity index (χ1n) is 8.11. The molecule has 2 aliphatic carbocycles. The number of rotatable bonds is 3. The summed E-state index contributed by atoms with van der Waals surface area (Å²) >= 11 is 0. The van der Waals surface area contributed by atoms with Gasteiger partial charge < -0.3 is 11.1 Å². The lowest BCUT2D eigenvalue weighted by molar-refractivity contribution is -0.129. The molecule has 0 aromatic heterocycles. The zero-order valence-corrected chi connectivity index (χ0v) is 12.6. The first-order valence-corrected chi connectivity index (χ1v) is 8.11. The minimum atomic E-state index is -0.611. The van der Waals surface area contributed by atoms with E-state index in [-0.39, 0.29) is 11.9 Å². The second-order valence-corrected chi connectivity index (χ2v) is 7.02. The van der Waals surface area contributed by atoms with Gasteiger partial charge >= 0.3 is 0 Å². The predicted octanol–water partition coefficient (Wildman–Crippen LogP) is 2.98. The fraction of sp³-hybridized carbons (Fsp3) is 0.938. The van der Waals surface area contributed by atoms with Gasteiger partial charge in [0.25, 0.3) is 0 Å². The Labute approximate surface area is 117 Å². The van der Waals surface area contributed by atoms with E-state index in [1.165, 1.54) is 38.5 Å². The zero-order valence-electron chi connectivity index (χ0n) is 12.6. The Bertz CT molecular complexity index is 312. The van der Waals surface area contributed by atoms with Crippen LogP contribution in [0.3, 0.4) is 0 Å². The van der Waals surface area contributed by atoms with Gasteiger partial charge in [0.15, 0.2) is 0 Å². The quantitative estimate of drug-likeness (QED) is 0.825. The topological polar surface area (TPSA) is 55.1 Å². The lowest BCUT2D eigenvalue weighted by atomic mass is 9.76. The van der Waals surface area contributed by atoms with Crippen molar-refractivity contribution in [1.82, 2.24) is 5.32 Å². The van der Waals surface area contributed by atoms with Gasteiger partial charge in [-0.25, -0.2) is 0 Å². The van der Waals surface area contributed by atoms with Gasteiger partial charge in [0, 0.05) is 6.04 Å². The summed E-state index contributed by atoms with van der Waals surface area (Å²) < 4.78 is 0. The molecule has 0 aliphatic heterocycles. The van der Waals surface area contributed by atoms with Gasteiger partial charge in [0.1, 0.15) is 0 Å². The van der Waals surface area contributed by atoms with Crippen LogP contribution in [0, 0.1) is 11.8 Å². The SMILES string of the molecule is CC1CCCC(N)(C(=O)N[C@@H](C)C2CCCCC2)C1. The van der Waals surface area contributed by atoms with E-state index in [4.69, 9.17) is 5.73 Å². The Morgan fingerprint density at radius 3 is 2.53 bits per heavy atom. The molecule has 0 spiro atoms. The van der Waals surface area contributed by atoms with Crippen molar-refractivity contribution in [2.45, 2.75) is 83.2 Å². The van der Waals surface area contributed by atoms with Crippen molar-refractivity contribution >= 4 is 5.91 Å². The fourth-order valence-electron chi connectivity index (χ4n) is 3.90. The molecule has 3 atom stereocenters. The highest BCUT2D eigenvalue weighted by Crippen LogP contribution is 2.31. The fourth-order valence-corrected chi connectivity index (χ4v) is 3.90. The highest BCUT2D eigenvalue weighted by atomic mass is 16.2. The molecule has 0 radical (unpaired) electrons. The maximum Gasteiger partial charge on any atom is 0.240 e. The first-order chi connectivity index (χ1) is 9.01. The smallest absolute Gasteiger partial charge is 0.240 e. The minimum Gasteiger partial charge on any atom is -0.352 e. The van der Waals surface area contributed by atoms with E-state index < -0.39 is 5.54 Å². The second kappa shape index (κ2) is 6.25. The van der Waals surface area contributed by atoms with Crippen LogP contribution in [0.1, 0.15) is 71.6 Å². The number of nitrogens with one attached hydrogen (secondary N) is 1. The van der Waals surface area contributed by atoms with Gasteiger partial charge in [-0.2, -0.15) is 0 Å². The number of carbonyl (C=O) groups is 1. The molecule has 19 heavy (non-hydrogen) atoms. The molecule has 0 bridgehead atoms. The van der Waals surface area contributed by atoms with E-state index in [2.05, 4.69) is 19.2 Å². The largest absolute Gasteiger partial charge is 0.352 e. The molecular formula is C16H30N2O. The van der Waals surface area contributed by atoms with Gasteiger partial charge in [-0.3, -0.25) is 4.79 Å². The highest BCUT2D eigenvalue weighted by molar-refractivity contribution is 5.86. The Hall–Kier alpha value is -0.570. The Balaban J connectivity index is 1.88. The van der Waals surface area contributed by atoms with Gasteiger partial charge in [0.05, 0.1) is 5.54 Å². The van der Waals surface area contributed by atoms with E-state index in [9.17, 15) is 4.79 Å². The molecule has 0 heterocycles. The summed E-state index contributed by atoms with van der Waals surface area (Å²) in [6.45, 7) is 4.36. The van der Waals surface area contributed by atoms with Crippen LogP contribution in [0.15, 0.2) is 0 Å². The average Bonchev–Trinajstić information content (AvgIpc) is 2.39. The molecular weight excluding hydrogens is 236 g/mol. The Kier molecular flexibility index (Phi) is 4.88. The van der Waals surface area contributed by atoms with E-state index in [0.717, 1.165) is 19.3 Å². The van der Waals surface area contributed by atoms with Gasteiger partial charge in [-0.05, 0) is 44.4 Å². The Morgan fingerprint density at radius 1 is 1.21 bits per heavy atom. The molecule has 0 saturated heterocycles. The molecule has 110 valence electrons. The summed E-state index contributed by atoms with van der Waals surface area (Å²) in [5.74, 6) is 1.33. The van der Waals surface area contributed by atoms with Crippen molar-refractivity contribution < 1.29 is 4.79 Å². The lowest BCUT2D eigenvalue weighted by Gasteiger charge is -2.37. The molecule has 3 heteroatoms. The average molecular weight is 266 g/mol. The van der Waals surface area contributed by atoms with Crippen molar-refractivity contribution in [2.24, 2.45) is 17.6 Å². The third-order valence-electron chi connectivity index (χ3n) is 5.20. The molecule has 2 fully saturated rings. The molecule has 0 aromatic carbocycles. The first kappa shape index (κ1) is 14.8. The molecule has 2 rings (SSSR count). The number of carbonyl (C=O) groups excluding carboxylic acids is 1. The molecule has 2 unspecified atom stereocenters. The molecule has 2 saturated carbocycles. The van der Waals surface area contributed by atoms with E-state index in [1.807, 2.05) is 0 Å². The minimum absolute atomic E-state index is 0.0946. The zero-order chi connectivity index (χ0) is 13.9. The molecule has 2 aliphatic rings. The van der Waals surface area contributed by atoms with Crippen LogP contribution in [0.2, 0.25) is 0 Å². The van der Waals surface area contributed by atoms with E-state index in [1.54, 1.807) is 0 Å². The molecule has 3 N–H and O–H groups in total. The maximum absolute atomic E-state index is 12.5. The summed E-state index contributed by atoms with van der Waals surface area (Å²) in [7, 11) is 0. The third-order valence-corrected chi connectivity index (χ3v) is 5.20. The van der Waals surface area contributed by atoms with Crippen LogP contribution in [0.4, 0.5) is 0 Å². The summed E-state index contributed by atoms with van der Waals surface area (Å²) in [6.07, 6.45) is 10.5. The highest BCUT2D eigenvalue weighted by Gasteiger charge is 2.38. The standard InChI is InChI=1S/C16H30N2O/c1-12-7-6-10-16(17,11-12)15(19)18-13(2)14-8-4-3-5-9-14/h12-14H,3-11,17H2,1-2H3,(H,18,19)/t12?,13-,16?/m0/s1. The van der Waals surface area contributed by atoms with Crippen LogP contribution in [-0.4, -0.2) is 17.5 Å². The normalized spacial score (nSPS) is 34.8. The molecule has 1 amide bonds. The van der Waals surface area contributed by atoms with Crippen molar-refractivity contribution in [2.75, 3.05) is 0 Å². The van der Waals surface area contributed by atoms with Crippen LogP contribution >= 0.6 is 0 Å². The number of hydrogen-bond acceptors (Lipinski definition) is 2. The number of hydrogen-bond donors (Lipinski definition) is 2. The predicted molar refractivity (Wildman–Crippen MR) is 78.7 cm³/mol. The van der Waals surface area contributed by atoms with E-state index >= 15 is 0 Å². The maximum atomic E-state index is 12.5. The summed E-state index contributed by atoms with van der Waals surface area (Å²) in [5.41, 5.74) is 5.75. The van der Waals surface area contributed by atoms with Crippen molar-refractivity contribution in [3.63, 3.8) is 0 Å². The number of amides is 1. The molecule has 3 nitrogen and oxygen atoms in total. The van der Waals surface area contributed by atoms with E-state index in [0.29, 0.717) is 11.8 Å². The van der Waals surface area contributed by atoms with Crippen molar-refractivity contribution in [3.8, 4) is 0 Å². The van der Waals surface area contributed by atoms with Crippen molar-refractivity contribution in [1.29, 1.82) is 0 Å². The van der Waals surface area contributed by atoms with Crippen molar-refractivity contribution in [3.05, 3.63) is 0 Å². The summed E-state index contributed by atoms with van der Waals surface area (Å²) in [5, 5.41) is 3.22. The van der Waals surface area contributed by atoms with Crippen LogP contribution in [0.5, 0.6) is 0 Å². The monoisotopic (exact) mass is 266 g/mol. The number of nitrogens with two attached hydrogens (primary N) is 1. The third kappa shape index (κ3) is 3.71. The van der Waals surface area contributed by atoms with Crippen LogP contribution in [0.25, 0.3) is 0 Å². The Morgan fingerprint density at radius 2 is 1.89 bits per heavy atom.